The van der Waals surface area contributed by atoms with Crippen LogP contribution in [0, 0.1) is 0 Å². The minimum Gasteiger partial charge on any atom is -0.332 e. The number of nitrogens with zero attached hydrogens (tertiary/aromatic N) is 2. The van der Waals surface area contributed by atoms with Crippen LogP contribution in [-0.4, -0.2) is 40.5 Å². The maximum absolute atomic E-state index is 13.1. The van der Waals surface area contributed by atoms with Gasteiger partial charge in [-0.2, -0.15) is 0 Å². The summed E-state index contributed by atoms with van der Waals surface area (Å²) in [7, 11) is 0. The van der Waals surface area contributed by atoms with Crippen molar-refractivity contribution in [3.05, 3.63) is 42.1 Å². The van der Waals surface area contributed by atoms with Crippen LogP contribution in [-0.2, 0) is 0 Å². The maximum atomic E-state index is 13.1. The Hall–Kier alpha value is -1.94. The molecule has 0 bridgehead atoms. The van der Waals surface area contributed by atoms with Crippen molar-refractivity contribution in [2.24, 2.45) is 0 Å². The highest BCUT2D eigenvalue weighted by molar-refractivity contribution is 5.95. The third kappa shape index (κ3) is 2.51. The average molecular weight is 309 g/mol. The lowest BCUT2D eigenvalue weighted by Crippen LogP contribution is -2.65. The van der Waals surface area contributed by atoms with E-state index in [4.69, 9.17) is 0 Å². The van der Waals surface area contributed by atoms with E-state index in [2.05, 4.69) is 22.1 Å². The molecular weight excluding hydrogens is 286 g/mol. The second-order valence-corrected chi connectivity index (χ2v) is 6.99. The molecule has 0 saturated carbocycles. The SMILES string of the molecule is C[C@]12CCCN(C(=O)c3ccc4ccccc4n3)[C@@H]1CCCN2. The summed E-state index contributed by atoms with van der Waals surface area (Å²) >= 11 is 0. The van der Waals surface area contributed by atoms with Gasteiger partial charge in [0.2, 0.25) is 0 Å². The lowest BCUT2D eigenvalue weighted by atomic mass is 9.77. The lowest BCUT2D eigenvalue weighted by Gasteiger charge is -2.51. The Morgan fingerprint density at radius 1 is 1.26 bits per heavy atom. The molecule has 2 aliphatic heterocycles. The number of fused-ring (bicyclic) bond motifs is 2. The quantitative estimate of drug-likeness (QED) is 0.881. The van der Waals surface area contributed by atoms with E-state index in [1.807, 2.05) is 36.4 Å². The smallest absolute Gasteiger partial charge is 0.272 e. The molecule has 0 aliphatic carbocycles. The van der Waals surface area contributed by atoms with E-state index in [0.29, 0.717) is 5.69 Å². The first-order valence-electron chi connectivity index (χ1n) is 8.59. The molecule has 2 fully saturated rings. The third-order valence-corrected chi connectivity index (χ3v) is 5.47. The molecule has 2 atom stereocenters. The van der Waals surface area contributed by atoms with Gasteiger partial charge in [-0.3, -0.25) is 4.79 Å². The summed E-state index contributed by atoms with van der Waals surface area (Å²) < 4.78 is 0. The van der Waals surface area contributed by atoms with Gasteiger partial charge in [-0.25, -0.2) is 4.98 Å². The van der Waals surface area contributed by atoms with Crippen molar-refractivity contribution in [2.45, 2.75) is 44.2 Å². The van der Waals surface area contributed by atoms with Crippen molar-refractivity contribution < 1.29 is 4.79 Å². The number of pyridine rings is 1. The van der Waals surface area contributed by atoms with E-state index in [1.54, 1.807) is 0 Å². The molecule has 1 aromatic heterocycles. The zero-order chi connectivity index (χ0) is 15.9. The van der Waals surface area contributed by atoms with Gasteiger partial charge in [-0.1, -0.05) is 24.3 Å². The van der Waals surface area contributed by atoms with Crippen LogP contribution in [0.5, 0.6) is 0 Å². The van der Waals surface area contributed by atoms with Crippen molar-refractivity contribution in [3.63, 3.8) is 0 Å². The number of hydrogen-bond acceptors (Lipinski definition) is 3. The first-order chi connectivity index (χ1) is 11.2. The highest BCUT2D eigenvalue weighted by Crippen LogP contribution is 2.34. The largest absolute Gasteiger partial charge is 0.332 e. The van der Waals surface area contributed by atoms with Crippen LogP contribution in [0.4, 0.5) is 0 Å². The zero-order valence-electron chi connectivity index (χ0n) is 13.6. The number of benzene rings is 1. The van der Waals surface area contributed by atoms with Crippen LogP contribution in [0.15, 0.2) is 36.4 Å². The fourth-order valence-electron chi connectivity index (χ4n) is 4.21. The molecule has 0 spiro atoms. The van der Waals surface area contributed by atoms with Crippen molar-refractivity contribution in [3.8, 4) is 0 Å². The van der Waals surface area contributed by atoms with Gasteiger partial charge in [0.25, 0.3) is 5.91 Å². The number of piperidine rings is 2. The Balaban J connectivity index is 1.66. The molecule has 3 heterocycles. The van der Waals surface area contributed by atoms with E-state index in [9.17, 15) is 4.79 Å². The van der Waals surface area contributed by atoms with Crippen LogP contribution < -0.4 is 5.32 Å². The Labute approximate surface area is 136 Å². The number of hydrogen-bond donors (Lipinski definition) is 1. The predicted molar refractivity (Wildman–Crippen MR) is 91.4 cm³/mol. The fourth-order valence-corrected chi connectivity index (χ4v) is 4.21. The number of aromatic nitrogens is 1. The number of amides is 1. The number of carbonyl (C=O) groups excluding carboxylic acids is 1. The molecule has 0 radical (unpaired) electrons. The van der Waals surface area contributed by atoms with E-state index < -0.39 is 0 Å². The molecule has 1 aromatic carbocycles. The molecule has 0 unspecified atom stereocenters. The molecule has 2 aromatic rings. The monoisotopic (exact) mass is 309 g/mol. The molecule has 1 amide bonds. The van der Waals surface area contributed by atoms with Gasteiger partial charge in [-0.15, -0.1) is 0 Å². The maximum Gasteiger partial charge on any atom is 0.272 e. The lowest BCUT2D eigenvalue weighted by molar-refractivity contribution is 0.0249. The van der Waals surface area contributed by atoms with Gasteiger partial charge in [0.15, 0.2) is 0 Å². The topological polar surface area (TPSA) is 45.2 Å². The second kappa shape index (κ2) is 5.60. The van der Waals surface area contributed by atoms with Crippen LogP contribution in [0.25, 0.3) is 10.9 Å². The third-order valence-electron chi connectivity index (χ3n) is 5.47. The van der Waals surface area contributed by atoms with Crippen molar-refractivity contribution in [1.82, 2.24) is 15.2 Å². The summed E-state index contributed by atoms with van der Waals surface area (Å²) in [5.74, 6) is 0.0791. The first kappa shape index (κ1) is 14.6. The van der Waals surface area contributed by atoms with Crippen molar-refractivity contribution in [1.29, 1.82) is 0 Å². The molecule has 2 saturated heterocycles. The number of para-hydroxylation sites is 1. The summed E-state index contributed by atoms with van der Waals surface area (Å²) in [4.78, 5) is 19.7. The molecule has 4 rings (SSSR count). The molecule has 4 heteroatoms. The van der Waals surface area contributed by atoms with E-state index in [-0.39, 0.29) is 17.5 Å². The highest BCUT2D eigenvalue weighted by Gasteiger charge is 2.44. The van der Waals surface area contributed by atoms with Crippen LogP contribution in [0.2, 0.25) is 0 Å². The van der Waals surface area contributed by atoms with E-state index >= 15 is 0 Å². The summed E-state index contributed by atoms with van der Waals surface area (Å²) in [6.45, 7) is 4.17. The van der Waals surface area contributed by atoms with Crippen LogP contribution in [0.3, 0.4) is 0 Å². The molecule has 23 heavy (non-hydrogen) atoms. The van der Waals surface area contributed by atoms with Crippen LogP contribution in [0.1, 0.15) is 43.1 Å². The van der Waals surface area contributed by atoms with Gasteiger partial charge >= 0.3 is 0 Å². The Morgan fingerprint density at radius 3 is 3.04 bits per heavy atom. The van der Waals surface area contributed by atoms with Crippen LogP contribution >= 0.6 is 0 Å². The Bertz CT molecular complexity index is 740. The van der Waals surface area contributed by atoms with Gasteiger partial charge in [0.1, 0.15) is 5.69 Å². The molecule has 120 valence electrons. The van der Waals surface area contributed by atoms with Gasteiger partial charge in [0.05, 0.1) is 5.52 Å². The number of likely N-dealkylation sites (tertiary alicyclic amines) is 1. The Morgan fingerprint density at radius 2 is 2.13 bits per heavy atom. The Kier molecular flexibility index (Phi) is 3.57. The minimum atomic E-state index is 0.0585. The zero-order valence-corrected chi connectivity index (χ0v) is 13.6. The van der Waals surface area contributed by atoms with Crippen molar-refractivity contribution in [2.75, 3.05) is 13.1 Å². The number of nitrogens with one attached hydrogen (secondary N) is 1. The standard InChI is InChI=1S/C19H23N3O/c1-19-11-5-13-22(17(19)8-4-12-20-19)18(23)16-10-9-14-6-2-3-7-15(14)21-16/h2-3,6-7,9-10,17,20H,4-5,8,11-13H2,1H3/t17-,19+/m1/s1. The fraction of sp³-hybridized carbons (Fsp3) is 0.474. The predicted octanol–water partition coefficient (Wildman–Crippen LogP) is 2.98. The summed E-state index contributed by atoms with van der Waals surface area (Å²) in [6, 6.07) is 12.1. The summed E-state index contributed by atoms with van der Waals surface area (Å²) in [5.41, 5.74) is 1.52. The first-order valence-corrected chi connectivity index (χ1v) is 8.59. The van der Waals surface area contributed by atoms with Gasteiger partial charge in [-0.05, 0) is 51.3 Å². The number of rotatable bonds is 1. The summed E-state index contributed by atoms with van der Waals surface area (Å²) in [6.07, 6.45) is 4.42. The minimum absolute atomic E-state index is 0.0585. The molecular formula is C19H23N3O. The van der Waals surface area contributed by atoms with E-state index in [1.165, 1.54) is 0 Å². The number of carbonyl (C=O) groups is 1. The van der Waals surface area contributed by atoms with Gasteiger partial charge < -0.3 is 10.2 Å². The normalized spacial score (nSPS) is 27.7. The average Bonchev–Trinajstić information content (AvgIpc) is 2.59. The second-order valence-electron chi connectivity index (χ2n) is 6.99. The molecule has 1 N–H and O–H groups in total. The molecule has 2 aliphatic rings. The van der Waals surface area contributed by atoms with Gasteiger partial charge in [0, 0.05) is 23.5 Å². The van der Waals surface area contributed by atoms with Crippen molar-refractivity contribution >= 4 is 16.8 Å². The van der Waals surface area contributed by atoms with E-state index in [0.717, 1.165) is 49.7 Å². The highest BCUT2D eigenvalue weighted by atomic mass is 16.2. The summed E-state index contributed by atoms with van der Waals surface area (Å²) in [5, 5.41) is 4.72. The molecule has 4 nitrogen and oxygen atoms in total.